The lowest BCUT2D eigenvalue weighted by Crippen LogP contribution is -2.34. The lowest BCUT2D eigenvalue weighted by molar-refractivity contribution is 0.510. The molecule has 1 rings (SSSR count). The highest BCUT2D eigenvalue weighted by atomic mass is 14.8. The Kier molecular flexibility index (Phi) is 13.6. The topological polar surface area (TPSA) is 62.2 Å². The molecule has 2 N–H and O–H groups in total. The minimum absolute atomic E-state index is 0. The number of aliphatic imine (C=N–C) groups is 1. The lowest BCUT2D eigenvalue weighted by atomic mass is 9.95. The number of nitrogens with zero attached hydrogens (tertiary/aromatic N) is 2. The molecule has 0 aromatic heterocycles. The van der Waals surface area contributed by atoms with Crippen molar-refractivity contribution in [3.05, 3.63) is 12.2 Å². The molecule has 0 saturated heterocycles. The molecule has 3 heteroatoms. The lowest BCUT2D eigenvalue weighted by Gasteiger charge is -2.14. The Bertz CT molecular complexity index is 331. The van der Waals surface area contributed by atoms with Crippen molar-refractivity contribution in [2.75, 3.05) is 6.54 Å². The predicted octanol–water partition coefficient (Wildman–Crippen LogP) is 4.73. The fourth-order valence-electron chi connectivity index (χ4n) is 2.33. The molecule has 0 amide bonds. The molecule has 0 aromatic rings. The van der Waals surface area contributed by atoms with Crippen LogP contribution in [0.25, 0.3) is 0 Å². The van der Waals surface area contributed by atoms with Crippen LogP contribution in [0.1, 0.15) is 68.7 Å². The maximum atomic E-state index is 8.96. The van der Waals surface area contributed by atoms with Crippen molar-refractivity contribution in [3.8, 4) is 6.07 Å². The first-order valence-corrected chi connectivity index (χ1v) is 7.99. The second-order valence-electron chi connectivity index (χ2n) is 4.55. The van der Waals surface area contributed by atoms with Gasteiger partial charge in [0.1, 0.15) is 5.54 Å². The van der Waals surface area contributed by atoms with Gasteiger partial charge >= 0.3 is 0 Å². The second kappa shape index (κ2) is 12.9. The molecule has 0 radical (unpaired) electrons. The molecule has 3 nitrogen and oxygen atoms in total. The van der Waals surface area contributed by atoms with Crippen molar-refractivity contribution in [1.29, 1.82) is 5.26 Å². The van der Waals surface area contributed by atoms with Gasteiger partial charge in [0.15, 0.2) is 0 Å². The molecule has 2 unspecified atom stereocenters. The minimum Gasteiger partial charge on any atom is -0.313 e. The number of rotatable bonds is 4. The first-order valence-electron chi connectivity index (χ1n) is 7.99. The van der Waals surface area contributed by atoms with Crippen LogP contribution in [0.15, 0.2) is 17.1 Å². The summed E-state index contributed by atoms with van der Waals surface area (Å²) >= 11 is 0. The van der Waals surface area contributed by atoms with E-state index in [9.17, 15) is 0 Å². The van der Waals surface area contributed by atoms with Crippen molar-refractivity contribution in [2.45, 2.75) is 72.8 Å². The third-order valence-electron chi connectivity index (χ3n) is 3.09. The largest absolute Gasteiger partial charge is 0.313 e. The molecular weight excluding hydrogens is 246 g/mol. The van der Waals surface area contributed by atoms with E-state index in [4.69, 9.17) is 11.0 Å². The standard InChI is InChI=1S/C13H21N3.2C2H6.H2/c1-3-5-12(16-4-2)8-11-6-7-13(15,9-11)10-14;2*1-2;/h3,5,11H,4,6-9,15H2,1-2H3;2*1-2H3;1H/b5-3-,16-12?;;;. The van der Waals surface area contributed by atoms with Crippen LogP contribution < -0.4 is 5.73 Å². The zero-order valence-corrected chi connectivity index (χ0v) is 14.2. The molecular formula is C17H35N3. The summed E-state index contributed by atoms with van der Waals surface area (Å²) < 4.78 is 0. The van der Waals surface area contributed by atoms with E-state index < -0.39 is 5.54 Å². The van der Waals surface area contributed by atoms with Crippen LogP contribution in [0.4, 0.5) is 0 Å². The summed E-state index contributed by atoms with van der Waals surface area (Å²) in [7, 11) is 0. The molecule has 1 aliphatic rings. The molecule has 118 valence electrons. The summed E-state index contributed by atoms with van der Waals surface area (Å²) in [6.07, 6.45) is 7.71. The number of hydrogen-bond donors (Lipinski definition) is 1. The van der Waals surface area contributed by atoms with Gasteiger partial charge in [0.25, 0.3) is 0 Å². The average molecular weight is 281 g/mol. The Morgan fingerprint density at radius 3 is 2.45 bits per heavy atom. The zero-order valence-electron chi connectivity index (χ0n) is 14.2. The van der Waals surface area contributed by atoms with Crippen molar-refractivity contribution < 1.29 is 1.43 Å². The average Bonchev–Trinajstić information content (AvgIpc) is 2.86. The zero-order chi connectivity index (χ0) is 16.0. The number of nitriles is 1. The van der Waals surface area contributed by atoms with E-state index >= 15 is 0 Å². The molecule has 1 saturated carbocycles. The van der Waals surface area contributed by atoms with E-state index in [1.807, 2.05) is 47.6 Å². The van der Waals surface area contributed by atoms with Crippen molar-refractivity contribution >= 4 is 5.71 Å². The van der Waals surface area contributed by atoms with Gasteiger partial charge in [-0.1, -0.05) is 33.8 Å². The van der Waals surface area contributed by atoms with E-state index in [0.29, 0.717) is 5.92 Å². The molecule has 1 aliphatic carbocycles. The fraction of sp³-hybridized carbons (Fsp3) is 0.765. The van der Waals surface area contributed by atoms with E-state index in [0.717, 1.165) is 37.9 Å². The van der Waals surface area contributed by atoms with Crippen LogP contribution in [-0.2, 0) is 0 Å². The van der Waals surface area contributed by atoms with Crippen LogP contribution >= 0.6 is 0 Å². The van der Waals surface area contributed by atoms with Gasteiger partial charge in [-0.15, -0.1) is 0 Å². The summed E-state index contributed by atoms with van der Waals surface area (Å²) in [4.78, 5) is 4.46. The Hall–Kier alpha value is -1.14. The number of nitrogens with two attached hydrogens (primary N) is 1. The van der Waals surface area contributed by atoms with Crippen LogP contribution in [0.3, 0.4) is 0 Å². The number of allylic oxidation sites excluding steroid dienone is 2. The van der Waals surface area contributed by atoms with Crippen LogP contribution in [0.2, 0.25) is 0 Å². The molecule has 2 atom stereocenters. The van der Waals surface area contributed by atoms with Crippen LogP contribution in [-0.4, -0.2) is 17.8 Å². The maximum absolute atomic E-state index is 8.96. The van der Waals surface area contributed by atoms with Gasteiger partial charge < -0.3 is 5.73 Å². The molecule has 1 fully saturated rings. The Balaban J connectivity index is -0.000000595. The van der Waals surface area contributed by atoms with Gasteiger partial charge in [-0.3, -0.25) is 4.99 Å². The Morgan fingerprint density at radius 2 is 2.05 bits per heavy atom. The SMILES string of the molecule is C/C=C\C(CC1CCC(N)(C#N)C1)=NCC.CC.CC.[HH]. The third-order valence-corrected chi connectivity index (χ3v) is 3.09. The Labute approximate surface area is 127 Å². The van der Waals surface area contributed by atoms with E-state index in [-0.39, 0.29) is 1.43 Å². The summed E-state index contributed by atoms with van der Waals surface area (Å²) in [6, 6.07) is 2.23. The van der Waals surface area contributed by atoms with Crippen molar-refractivity contribution in [1.82, 2.24) is 0 Å². The molecule has 0 bridgehead atoms. The van der Waals surface area contributed by atoms with E-state index in [1.165, 1.54) is 0 Å². The summed E-state index contributed by atoms with van der Waals surface area (Å²) in [5.74, 6) is 0.520. The van der Waals surface area contributed by atoms with E-state index in [2.05, 4.69) is 17.1 Å². The van der Waals surface area contributed by atoms with Gasteiger partial charge in [-0.25, -0.2) is 0 Å². The van der Waals surface area contributed by atoms with Gasteiger partial charge in [0.2, 0.25) is 0 Å². The number of hydrogen-bond acceptors (Lipinski definition) is 3. The third kappa shape index (κ3) is 8.12. The predicted molar refractivity (Wildman–Crippen MR) is 92.1 cm³/mol. The van der Waals surface area contributed by atoms with Crippen molar-refractivity contribution in [3.63, 3.8) is 0 Å². The minimum atomic E-state index is -0.585. The van der Waals surface area contributed by atoms with Gasteiger partial charge in [-0.05, 0) is 51.5 Å². The van der Waals surface area contributed by atoms with Crippen LogP contribution in [0.5, 0.6) is 0 Å². The quantitative estimate of drug-likeness (QED) is 0.757. The van der Waals surface area contributed by atoms with Gasteiger partial charge in [-0.2, -0.15) is 5.26 Å². The highest BCUT2D eigenvalue weighted by molar-refractivity contribution is 5.95. The van der Waals surface area contributed by atoms with E-state index in [1.54, 1.807) is 0 Å². The second-order valence-corrected chi connectivity index (χ2v) is 4.55. The fourth-order valence-corrected chi connectivity index (χ4v) is 2.33. The molecule has 0 aliphatic heterocycles. The molecule has 0 spiro atoms. The first kappa shape index (κ1) is 21.2. The van der Waals surface area contributed by atoms with Gasteiger partial charge in [0, 0.05) is 13.7 Å². The highest BCUT2D eigenvalue weighted by Gasteiger charge is 2.35. The summed E-state index contributed by atoms with van der Waals surface area (Å²) in [5.41, 5.74) is 6.50. The monoisotopic (exact) mass is 281 g/mol. The molecule has 0 aromatic carbocycles. The maximum Gasteiger partial charge on any atom is 0.104 e. The smallest absolute Gasteiger partial charge is 0.104 e. The first-order chi connectivity index (χ1) is 9.63. The molecule has 0 heterocycles. The Morgan fingerprint density at radius 1 is 1.45 bits per heavy atom. The van der Waals surface area contributed by atoms with Crippen molar-refractivity contribution in [2.24, 2.45) is 16.6 Å². The normalized spacial score (nSPS) is 25.3. The highest BCUT2D eigenvalue weighted by Crippen LogP contribution is 2.34. The van der Waals surface area contributed by atoms with Crippen LogP contribution in [0, 0.1) is 17.2 Å². The summed E-state index contributed by atoms with van der Waals surface area (Å²) in [5, 5.41) is 8.96. The molecule has 20 heavy (non-hydrogen) atoms. The summed E-state index contributed by atoms with van der Waals surface area (Å²) in [6.45, 7) is 12.9. The van der Waals surface area contributed by atoms with Gasteiger partial charge in [0.05, 0.1) is 6.07 Å².